The highest BCUT2D eigenvalue weighted by atomic mass is 35.5. The van der Waals surface area contributed by atoms with E-state index in [1.165, 1.54) is 0 Å². The number of halogens is 1. The standard InChI is InChI=1S/C13H17ClO3/c1-8(2)10-7-12(15)9(6-11(10)14)4-3-5-13(16)17/h6-8,15H,3-5H2,1-2H3,(H,16,17). The van der Waals surface area contributed by atoms with Gasteiger partial charge in [0.2, 0.25) is 0 Å². The first kappa shape index (κ1) is 13.8. The van der Waals surface area contributed by atoms with Crippen LogP contribution >= 0.6 is 11.6 Å². The predicted octanol–water partition coefficient (Wildman–Crippen LogP) is 3.58. The van der Waals surface area contributed by atoms with Crippen LogP contribution in [0.2, 0.25) is 5.02 Å². The normalized spacial score (nSPS) is 10.8. The number of phenols is 1. The Kier molecular flexibility index (Phi) is 4.82. The van der Waals surface area contributed by atoms with Crippen LogP contribution in [0.3, 0.4) is 0 Å². The maximum atomic E-state index is 10.4. The molecule has 0 spiro atoms. The number of hydrogen-bond donors (Lipinski definition) is 2. The van der Waals surface area contributed by atoms with Crippen LogP contribution in [0.25, 0.3) is 0 Å². The number of carboxylic acid groups (broad SMARTS) is 1. The number of hydrogen-bond acceptors (Lipinski definition) is 2. The van der Waals surface area contributed by atoms with Crippen molar-refractivity contribution in [2.75, 3.05) is 0 Å². The van der Waals surface area contributed by atoms with E-state index in [2.05, 4.69) is 0 Å². The first-order valence-electron chi connectivity index (χ1n) is 5.65. The van der Waals surface area contributed by atoms with Gasteiger partial charge in [-0.05, 0) is 42.0 Å². The quantitative estimate of drug-likeness (QED) is 0.847. The zero-order valence-electron chi connectivity index (χ0n) is 10.0. The number of carbonyl (C=O) groups is 1. The van der Waals surface area contributed by atoms with Gasteiger partial charge < -0.3 is 10.2 Å². The highest BCUT2D eigenvalue weighted by molar-refractivity contribution is 6.31. The lowest BCUT2D eigenvalue weighted by molar-refractivity contribution is -0.137. The molecule has 0 aliphatic rings. The van der Waals surface area contributed by atoms with Crippen molar-refractivity contribution in [2.24, 2.45) is 0 Å². The van der Waals surface area contributed by atoms with Gasteiger partial charge in [-0.3, -0.25) is 4.79 Å². The van der Waals surface area contributed by atoms with Crippen LogP contribution in [0.1, 0.15) is 43.7 Å². The fraction of sp³-hybridized carbons (Fsp3) is 0.462. The van der Waals surface area contributed by atoms with Crippen LogP contribution in [-0.2, 0) is 11.2 Å². The summed E-state index contributed by atoms with van der Waals surface area (Å²) in [5.74, 6) is -0.376. The molecule has 0 amide bonds. The van der Waals surface area contributed by atoms with Crippen molar-refractivity contribution < 1.29 is 15.0 Å². The Balaban J connectivity index is 2.81. The van der Waals surface area contributed by atoms with Gasteiger partial charge >= 0.3 is 5.97 Å². The van der Waals surface area contributed by atoms with Gasteiger partial charge in [0.1, 0.15) is 5.75 Å². The van der Waals surface area contributed by atoms with Gasteiger partial charge in [-0.2, -0.15) is 0 Å². The minimum Gasteiger partial charge on any atom is -0.508 e. The molecule has 0 saturated carbocycles. The van der Waals surface area contributed by atoms with Crippen molar-refractivity contribution in [3.8, 4) is 5.75 Å². The van der Waals surface area contributed by atoms with Crippen LogP contribution < -0.4 is 0 Å². The second kappa shape index (κ2) is 5.92. The summed E-state index contributed by atoms with van der Waals surface area (Å²) in [6.45, 7) is 4.01. The van der Waals surface area contributed by atoms with Crippen molar-refractivity contribution in [3.05, 3.63) is 28.3 Å². The topological polar surface area (TPSA) is 57.5 Å². The molecular weight excluding hydrogens is 240 g/mol. The predicted molar refractivity (Wildman–Crippen MR) is 67.8 cm³/mol. The van der Waals surface area contributed by atoms with Crippen LogP contribution in [0.5, 0.6) is 5.75 Å². The molecule has 0 atom stereocenters. The van der Waals surface area contributed by atoms with Crippen molar-refractivity contribution >= 4 is 17.6 Å². The van der Waals surface area contributed by atoms with Gasteiger partial charge in [-0.25, -0.2) is 0 Å². The van der Waals surface area contributed by atoms with Gasteiger partial charge in [0.05, 0.1) is 0 Å². The SMILES string of the molecule is CC(C)c1cc(O)c(CCCC(=O)O)cc1Cl. The van der Waals surface area contributed by atoms with Gasteiger partial charge in [-0.1, -0.05) is 25.4 Å². The van der Waals surface area contributed by atoms with Gasteiger partial charge in [0.15, 0.2) is 0 Å². The second-order valence-electron chi connectivity index (χ2n) is 4.40. The summed E-state index contributed by atoms with van der Waals surface area (Å²) in [4.78, 5) is 10.4. The number of phenolic OH excluding ortho intramolecular Hbond substituents is 1. The maximum Gasteiger partial charge on any atom is 0.303 e. The summed E-state index contributed by atoms with van der Waals surface area (Å²) in [7, 11) is 0. The van der Waals surface area contributed by atoms with Crippen molar-refractivity contribution in [3.63, 3.8) is 0 Å². The fourth-order valence-electron chi connectivity index (χ4n) is 1.69. The molecule has 0 saturated heterocycles. The Hall–Kier alpha value is -1.22. The van der Waals surface area contributed by atoms with Gasteiger partial charge in [-0.15, -0.1) is 0 Å². The number of aromatic hydroxyl groups is 1. The molecule has 0 radical (unpaired) electrons. The molecule has 0 aliphatic heterocycles. The zero-order valence-corrected chi connectivity index (χ0v) is 10.8. The average Bonchev–Trinajstić information content (AvgIpc) is 2.21. The van der Waals surface area contributed by atoms with E-state index in [9.17, 15) is 9.90 Å². The molecule has 0 unspecified atom stereocenters. The van der Waals surface area contributed by atoms with E-state index in [4.69, 9.17) is 16.7 Å². The molecule has 0 aromatic heterocycles. The molecule has 0 bridgehead atoms. The first-order valence-corrected chi connectivity index (χ1v) is 6.02. The largest absolute Gasteiger partial charge is 0.508 e. The summed E-state index contributed by atoms with van der Waals surface area (Å²) in [6.07, 6.45) is 1.12. The van der Waals surface area contributed by atoms with Crippen LogP contribution in [0.15, 0.2) is 12.1 Å². The summed E-state index contributed by atoms with van der Waals surface area (Å²) in [6, 6.07) is 3.40. The summed E-state index contributed by atoms with van der Waals surface area (Å²) in [5, 5.41) is 19.0. The average molecular weight is 257 g/mol. The lowest BCUT2D eigenvalue weighted by atomic mass is 9.98. The second-order valence-corrected chi connectivity index (χ2v) is 4.81. The van der Waals surface area contributed by atoms with Crippen LogP contribution in [0.4, 0.5) is 0 Å². The molecule has 4 heteroatoms. The van der Waals surface area contributed by atoms with E-state index < -0.39 is 5.97 Å². The Bertz CT molecular complexity index is 413. The van der Waals surface area contributed by atoms with Gasteiger partial charge in [0, 0.05) is 11.4 Å². The van der Waals surface area contributed by atoms with E-state index >= 15 is 0 Å². The van der Waals surface area contributed by atoms with Crippen LogP contribution in [-0.4, -0.2) is 16.2 Å². The third kappa shape index (κ3) is 3.93. The number of benzene rings is 1. The lowest BCUT2D eigenvalue weighted by Gasteiger charge is -2.12. The fourth-order valence-corrected chi connectivity index (χ4v) is 2.10. The summed E-state index contributed by atoms with van der Waals surface area (Å²) < 4.78 is 0. The molecule has 2 N–H and O–H groups in total. The molecule has 94 valence electrons. The number of rotatable bonds is 5. The van der Waals surface area contributed by atoms with E-state index in [0.717, 1.165) is 5.56 Å². The Morgan fingerprint density at radius 2 is 2.06 bits per heavy atom. The Morgan fingerprint density at radius 1 is 1.41 bits per heavy atom. The molecule has 1 aromatic rings. The zero-order chi connectivity index (χ0) is 13.0. The molecule has 1 rings (SSSR count). The molecule has 3 nitrogen and oxygen atoms in total. The first-order chi connectivity index (χ1) is 7.91. The molecule has 0 fully saturated rings. The Labute approximate surface area is 106 Å². The van der Waals surface area contributed by atoms with Crippen molar-refractivity contribution in [1.29, 1.82) is 0 Å². The monoisotopic (exact) mass is 256 g/mol. The summed E-state index contributed by atoms with van der Waals surface area (Å²) >= 11 is 6.11. The highest BCUT2D eigenvalue weighted by Crippen LogP contribution is 2.31. The van der Waals surface area contributed by atoms with Crippen molar-refractivity contribution in [2.45, 2.75) is 39.0 Å². The molecule has 0 aliphatic carbocycles. The maximum absolute atomic E-state index is 10.4. The molecule has 0 heterocycles. The third-order valence-electron chi connectivity index (χ3n) is 2.66. The van der Waals surface area contributed by atoms with Crippen molar-refractivity contribution in [1.82, 2.24) is 0 Å². The van der Waals surface area contributed by atoms with E-state index in [1.807, 2.05) is 13.8 Å². The lowest BCUT2D eigenvalue weighted by Crippen LogP contribution is -1.97. The third-order valence-corrected chi connectivity index (χ3v) is 2.98. The minimum absolute atomic E-state index is 0.100. The minimum atomic E-state index is -0.825. The summed E-state index contributed by atoms with van der Waals surface area (Å²) in [5.41, 5.74) is 1.62. The molecular formula is C13H17ClO3. The smallest absolute Gasteiger partial charge is 0.303 e. The van der Waals surface area contributed by atoms with E-state index in [1.54, 1.807) is 12.1 Å². The Morgan fingerprint density at radius 3 is 2.59 bits per heavy atom. The van der Waals surface area contributed by atoms with Crippen LogP contribution in [0, 0.1) is 0 Å². The number of carboxylic acids is 1. The highest BCUT2D eigenvalue weighted by Gasteiger charge is 2.11. The number of aliphatic carboxylic acids is 1. The van der Waals surface area contributed by atoms with E-state index in [0.29, 0.717) is 23.4 Å². The van der Waals surface area contributed by atoms with E-state index in [-0.39, 0.29) is 18.1 Å². The molecule has 1 aromatic carbocycles. The molecule has 17 heavy (non-hydrogen) atoms. The number of aryl methyl sites for hydroxylation is 1. The van der Waals surface area contributed by atoms with Gasteiger partial charge in [0.25, 0.3) is 0 Å².